The molecule has 42 heavy (non-hydrogen) atoms. The predicted octanol–water partition coefficient (Wildman–Crippen LogP) is 3.23. The average Bonchev–Trinajstić information content (AvgIpc) is 3.04. The molecule has 1 fully saturated rings. The SMILES string of the molecule is CNC(=O)C1CN(S(=O)(=O)c2ccc(-c3ccccc3)cc2)CCN1S(=O)(=O)c1cccc(-c2cccnc2OC)c1. The Bertz CT molecular complexity index is 1800. The van der Waals surface area contributed by atoms with Crippen LogP contribution in [0.3, 0.4) is 0 Å². The minimum absolute atomic E-state index is 0.0346. The fourth-order valence-electron chi connectivity index (χ4n) is 4.96. The number of amides is 1. The molecule has 1 saturated heterocycles. The summed E-state index contributed by atoms with van der Waals surface area (Å²) in [4.78, 5) is 17.2. The van der Waals surface area contributed by atoms with Gasteiger partial charge >= 0.3 is 0 Å². The molecule has 5 rings (SSSR count). The Morgan fingerprint density at radius 3 is 2.19 bits per heavy atom. The number of carbonyl (C=O) groups is 1. The van der Waals surface area contributed by atoms with Crippen LogP contribution in [-0.2, 0) is 24.8 Å². The lowest BCUT2D eigenvalue weighted by Gasteiger charge is -2.38. The normalized spacial score (nSPS) is 16.6. The number of sulfonamides is 2. The summed E-state index contributed by atoms with van der Waals surface area (Å²) in [6.07, 6.45) is 1.57. The molecule has 0 radical (unpaired) electrons. The van der Waals surface area contributed by atoms with Crippen molar-refractivity contribution in [3.8, 4) is 28.1 Å². The zero-order valence-corrected chi connectivity index (χ0v) is 24.7. The number of nitrogens with one attached hydrogen (secondary N) is 1. The molecule has 0 saturated carbocycles. The summed E-state index contributed by atoms with van der Waals surface area (Å²) in [6.45, 7) is -0.661. The van der Waals surface area contributed by atoms with Gasteiger partial charge in [-0.05, 0) is 53.1 Å². The van der Waals surface area contributed by atoms with Gasteiger partial charge in [0.2, 0.25) is 31.8 Å². The minimum atomic E-state index is -4.20. The summed E-state index contributed by atoms with van der Waals surface area (Å²) in [5, 5.41) is 2.49. The van der Waals surface area contributed by atoms with Gasteiger partial charge in [0.1, 0.15) is 6.04 Å². The molecule has 4 aromatic rings. The number of carbonyl (C=O) groups excluding carboxylic acids is 1. The van der Waals surface area contributed by atoms with E-state index in [9.17, 15) is 21.6 Å². The maximum Gasteiger partial charge on any atom is 0.243 e. The fourth-order valence-corrected chi connectivity index (χ4v) is 8.01. The van der Waals surface area contributed by atoms with Crippen molar-refractivity contribution in [2.24, 2.45) is 0 Å². The zero-order chi connectivity index (χ0) is 29.9. The van der Waals surface area contributed by atoms with Crippen LogP contribution in [0.4, 0.5) is 0 Å². The van der Waals surface area contributed by atoms with Gasteiger partial charge in [0.05, 0.1) is 16.9 Å². The lowest BCUT2D eigenvalue weighted by Crippen LogP contribution is -2.61. The van der Waals surface area contributed by atoms with E-state index in [-0.39, 0.29) is 29.4 Å². The minimum Gasteiger partial charge on any atom is -0.481 e. The van der Waals surface area contributed by atoms with E-state index in [0.717, 1.165) is 19.7 Å². The van der Waals surface area contributed by atoms with Crippen molar-refractivity contribution in [3.05, 3.63) is 97.2 Å². The Kier molecular flexibility index (Phi) is 8.41. The summed E-state index contributed by atoms with van der Waals surface area (Å²) in [6, 6.07) is 24.5. The van der Waals surface area contributed by atoms with Gasteiger partial charge in [-0.2, -0.15) is 8.61 Å². The number of ether oxygens (including phenoxy) is 1. The maximum atomic E-state index is 13.9. The second-order valence-electron chi connectivity index (χ2n) is 9.59. The number of nitrogens with zero attached hydrogens (tertiary/aromatic N) is 3. The smallest absolute Gasteiger partial charge is 0.243 e. The number of rotatable bonds is 8. The lowest BCUT2D eigenvalue weighted by molar-refractivity contribution is -0.125. The van der Waals surface area contributed by atoms with Gasteiger partial charge in [-0.25, -0.2) is 21.8 Å². The molecule has 1 aromatic heterocycles. The van der Waals surface area contributed by atoms with Crippen LogP contribution in [0.25, 0.3) is 22.3 Å². The summed E-state index contributed by atoms with van der Waals surface area (Å²) < 4.78 is 62.5. The molecule has 12 heteroatoms. The highest BCUT2D eigenvalue weighted by molar-refractivity contribution is 7.89. The molecule has 1 unspecified atom stereocenters. The third-order valence-electron chi connectivity index (χ3n) is 7.16. The number of hydrogen-bond acceptors (Lipinski definition) is 7. The van der Waals surface area contributed by atoms with Gasteiger partial charge in [-0.3, -0.25) is 4.79 Å². The number of pyridine rings is 1. The van der Waals surface area contributed by atoms with Crippen molar-refractivity contribution in [1.29, 1.82) is 0 Å². The molecular weight excluding hydrogens is 576 g/mol. The second-order valence-corrected chi connectivity index (χ2v) is 13.4. The van der Waals surface area contributed by atoms with Gasteiger partial charge in [0.25, 0.3) is 0 Å². The summed E-state index contributed by atoms with van der Waals surface area (Å²) in [5.41, 5.74) is 2.98. The molecule has 2 heterocycles. The van der Waals surface area contributed by atoms with E-state index in [4.69, 9.17) is 4.74 Å². The molecule has 0 aliphatic carbocycles. The van der Waals surface area contributed by atoms with Crippen molar-refractivity contribution in [1.82, 2.24) is 18.9 Å². The monoisotopic (exact) mass is 606 g/mol. The number of benzene rings is 3. The molecule has 1 N–H and O–H groups in total. The average molecular weight is 607 g/mol. The van der Waals surface area contributed by atoms with Crippen LogP contribution < -0.4 is 10.1 Å². The molecular formula is C30H30N4O6S2. The molecule has 0 spiro atoms. The van der Waals surface area contributed by atoms with E-state index in [1.54, 1.807) is 42.6 Å². The van der Waals surface area contributed by atoms with E-state index < -0.39 is 32.0 Å². The van der Waals surface area contributed by atoms with Gasteiger partial charge < -0.3 is 10.1 Å². The Balaban J connectivity index is 1.42. The molecule has 0 bridgehead atoms. The second kappa shape index (κ2) is 12.0. The third-order valence-corrected chi connectivity index (χ3v) is 10.9. The van der Waals surface area contributed by atoms with Gasteiger partial charge in [-0.15, -0.1) is 0 Å². The van der Waals surface area contributed by atoms with Crippen molar-refractivity contribution in [2.45, 2.75) is 15.8 Å². The van der Waals surface area contributed by atoms with Crippen LogP contribution in [0.2, 0.25) is 0 Å². The first-order valence-electron chi connectivity index (χ1n) is 13.2. The molecule has 1 aliphatic rings. The van der Waals surface area contributed by atoms with Crippen molar-refractivity contribution in [2.75, 3.05) is 33.8 Å². The first-order chi connectivity index (χ1) is 20.2. The molecule has 1 aliphatic heterocycles. The van der Waals surface area contributed by atoms with Crippen LogP contribution in [-0.4, -0.2) is 76.2 Å². The third kappa shape index (κ3) is 5.66. The highest BCUT2D eigenvalue weighted by atomic mass is 32.2. The number of likely N-dealkylation sites (N-methyl/N-ethyl adjacent to an activating group) is 1. The molecule has 218 valence electrons. The number of methoxy groups -OCH3 is 1. The topological polar surface area (TPSA) is 126 Å². The van der Waals surface area contributed by atoms with Crippen molar-refractivity contribution >= 4 is 26.0 Å². The lowest BCUT2D eigenvalue weighted by atomic mass is 10.1. The van der Waals surface area contributed by atoms with Crippen LogP contribution in [0.15, 0.2) is 107 Å². The van der Waals surface area contributed by atoms with Gasteiger partial charge in [-0.1, -0.05) is 54.6 Å². The highest BCUT2D eigenvalue weighted by Crippen LogP contribution is 2.32. The maximum absolute atomic E-state index is 13.9. The highest BCUT2D eigenvalue weighted by Gasteiger charge is 2.43. The summed E-state index contributed by atoms with van der Waals surface area (Å²) in [5.74, 6) is -0.270. The van der Waals surface area contributed by atoms with Crippen molar-refractivity contribution < 1.29 is 26.4 Å². The predicted molar refractivity (Wildman–Crippen MR) is 159 cm³/mol. The Morgan fingerprint density at radius 1 is 0.810 bits per heavy atom. The molecule has 3 aromatic carbocycles. The first-order valence-corrected chi connectivity index (χ1v) is 16.0. The Hall–Kier alpha value is -4.10. The molecule has 10 nitrogen and oxygen atoms in total. The summed E-state index contributed by atoms with van der Waals surface area (Å²) in [7, 11) is -5.34. The quantitative estimate of drug-likeness (QED) is 0.326. The van der Waals surface area contributed by atoms with Crippen LogP contribution in [0.5, 0.6) is 5.88 Å². The van der Waals surface area contributed by atoms with Crippen LogP contribution >= 0.6 is 0 Å². The van der Waals surface area contributed by atoms with E-state index in [2.05, 4.69) is 10.3 Å². The summed E-state index contributed by atoms with van der Waals surface area (Å²) >= 11 is 0. The van der Waals surface area contributed by atoms with Crippen LogP contribution in [0, 0.1) is 0 Å². The number of aromatic nitrogens is 1. The Labute approximate surface area is 245 Å². The van der Waals surface area contributed by atoms with E-state index in [1.807, 2.05) is 30.3 Å². The standard InChI is InChI=1S/C30H30N4O6S2/c1-31-29(35)28-21-33(41(36,37)25-15-13-23(14-16-25)22-8-4-3-5-9-22)18-19-34(28)42(38,39)26-11-6-10-24(20-26)27-12-7-17-32-30(27)40-2/h3-17,20,28H,18-19,21H2,1-2H3,(H,31,35). The fraction of sp³-hybridized carbons (Fsp3) is 0.200. The van der Waals surface area contributed by atoms with Crippen LogP contribution in [0.1, 0.15) is 0 Å². The first kappa shape index (κ1) is 29.4. The van der Waals surface area contributed by atoms with Gasteiger partial charge in [0, 0.05) is 38.4 Å². The van der Waals surface area contributed by atoms with E-state index in [1.165, 1.54) is 38.4 Å². The van der Waals surface area contributed by atoms with Crippen molar-refractivity contribution in [3.63, 3.8) is 0 Å². The Morgan fingerprint density at radius 2 is 1.50 bits per heavy atom. The number of piperazine rings is 1. The van der Waals surface area contributed by atoms with Gasteiger partial charge in [0.15, 0.2) is 0 Å². The number of hydrogen-bond donors (Lipinski definition) is 1. The molecule has 1 amide bonds. The molecule has 1 atom stereocenters. The van der Waals surface area contributed by atoms with E-state index >= 15 is 0 Å². The zero-order valence-electron chi connectivity index (χ0n) is 23.0. The van der Waals surface area contributed by atoms with E-state index in [0.29, 0.717) is 17.0 Å². The largest absolute Gasteiger partial charge is 0.481 e.